The second-order valence-electron chi connectivity index (χ2n) is 4.37. The highest BCUT2D eigenvalue weighted by Crippen LogP contribution is 2.10. The van der Waals surface area contributed by atoms with Crippen molar-refractivity contribution in [2.75, 3.05) is 13.2 Å². The van der Waals surface area contributed by atoms with Crippen LogP contribution in [0.2, 0.25) is 0 Å². The minimum atomic E-state index is -2.18. The lowest BCUT2D eigenvalue weighted by atomic mass is 10.2. The van der Waals surface area contributed by atoms with Crippen LogP contribution in [0.4, 0.5) is 0 Å². The van der Waals surface area contributed by atoms with Gasteiger partial charge < -0.3 is 0 Å². The Morgan fingerprint density at radius 3 is 2.19 bits per heavy atom. The predicted octanol–water partition coefficient (Wildman–Crippen LogP) is 1.95. The van der Waals surface area contributed by atoms with E-state index in [-0.39, 0.29) is 11.9 Å². The molecule has 0 fully saturated rings. The summed E-state index contributed by atoms with van der Waals surface area (Å²) in [5.41, 5.74) is 0. The Hall–Kier alpha value is 0.380. The molecule has 0 saturated carbocycles. The fraction of sp³-hybridized carbons (Fsp3) is 1.00. The van der Waals surface area contributed by atoms with E-state index in [0.717, 1.165) is 13.0 Å². The summed E-state index contributed by atoms with van der Waals surface area (Å²) in [6, 6.07) is 0.988. The molecular weight excluding hydrogens is 246 g/mol. The van der Waals surface area contributed by atoms with Crippen LogP contribution < -0.4 is 0 Å². The predicted molar refractivity (Wildman–Crippen MR) is 71.1 cm³/mol. The van der Waals surface area contributed by atoms with Gasteiger partial charge in [-0.05, 0) is 40.7 Å². The Bertz CT molecular complexity index is 204. The first kappa shape index (κ1) is 16.4. The van der Waals surface area contributed by atoms with Crippen LogP contribution >= 0.6 is 12.6 Å². The van der Waals surface area contributed by atoms with E-state index in [1.807, 2.05) is 0 Å². The molecule has 4 nitrogen and oxygen atoms in total. The maximum absolute atomic E-state index is 10.3. The number of nitrogens with zero attached hydrogens (tertiary/aromatic N) is 1. The summed E-state index contributed by atoms with van der Waals surface area (Å²) < 4.78 is 23.4. The highest BCUT2D eigenvalue weighted by molar-refractivity contribution is 7.81. The molecular formula is C10H23NO3S2. The third kappa shape index (κ3) is 7.62. The largest absolute Gasteiger partial charge is 0.301 e. The van der Waals surface area contributed by atoms with Gasteiger partial charge in [0, 0.05) is 17.3 Å². The van der Waals surface area contributed by atoms with E-state index in [1.165, 1.54) is 0 Å². The molecule has 0 radical (unpaired) electrons. The fourth-order valence-corrected chi connectivity index (χ4v) is 2.20. The zero-order valence-corrected chi connectivity index (χ0v) is 12.1. The first-order chi connectivity index (χ1) is 7.34. The molecule has 0 bridgehead atoms. The fourth-order valence-electron chi connectivity index (χ4n) is 1.63. The zero-order chi connectivity index (χ0) is 12.7. The molecule has 98 valence electrons. The molecule has 0 aromatic heterocycles. The van der Waals surface area contributed by atoms with Crippen molar-refractivity contribution in [3.05, 3.63) is 0 Å². The van der Waals surface area contributed by atoms with Gasteiger partial charge in [-0.25, -0.2) is 0 Å². The second-order valence-corrected chi connectivity index (χ2v) is 5.77. The molecule has 6 heteroatoms. The second kappa shape index (κ2) is 8.47. The van der Waals surface area contributed by atoms with E-state index >= 15 is 0 Å². The van der Waals surface area contributed by atoms with Crippen LogP contribution in [0.5, 0.6) is 0 Å². The van der Waals surface area contributed by atoms with Crippen LogP contribution in [-0.2, 0) is 15.5 Å². The van der Waals surface area contributed by atoms with Crippen molar-refractivity contribution in [1.29, 1.82) is 0 Å². The van der Waals surface area contributed by atoms with E-state index in [1.54, 1.807) is 0 Å². The number of hydrogen-bond acceptors (Lipinski definition) is 4. The van der Waals surface area contributed by atoms with Crippen LogP contribution in [0.25, 0.3) is 0 Å². The minimum absolute atomic E-state index is 0.00361. The van der Waals surface area contributed by atoms with Crippen molar-refractivity contribution in [1.82, 2.24) is 4.90 Å². The summed E-state index contributed by atoms with van der Waals surface area (Å²) in [5, 5.41) is -0.00361. The molecule has 1 N–H and O–H groups in total. The SMILES string of the molecule is CC(C)N(CCC(S)COS(=O)O)C(C)C. The summed E-state index contributed by atoms with van der Waals surface area (Å²) in [6.45, 7) is 9.76. The summed E-state index contributed by atoms with van der Waals surface area (Å²) >= 11 is 2.14. The quantitative estimate of drug-likeness (QED) is 0.522. The van der Waals surface area contributed by atoms with Crippen molar-refractivity contribution < 1.29 is 12.9 Å². The van der Waals surface area contributed by atoms with Crippen molar-refractivity contribution in [2.24, 2.45) is 0 Å². The van der Waals surface area contributed by atoms with Gasteiger partial charge in [-0.2, -0.15) is 16.8 Å². The molecule has 0 aromatic rings. The van der Waals surface area contributed by atoms with Crippen molar-refractivity contribution in [3.8, 4) is 0 Å². The first-order valence-electron chi connectivity index (χ1n) is 5.52. The summed E-state index contributed by atoms with van der Waals surface area (Å²) in [7, 11) is 0. The number of rotatable bonds is 8. The molecule has 16 heavy (non-hydrogen) atoms. The average molecular weight is 269 g/mol. The van der Waals surface area contributed by atoms with Crippen LogP contribution in [0.3, 0.4) is 0 Å². The molecule has 0 saturated heterocycles. The van der Waals surface area contributed by atoms with Crippen LogP contribution in [0, 0.1) is 0 Å². The molecule has 0 aliphatic heterocycles. The molecule has 0 aromatic carbocycles. The smallest absolute Gasteiger partial charge is 0.298 e. The van der Waals surface area contributed by atoms with Crippen molar-refractivity contribution in [3.63, 3.8) is 0 Å². The van der Waals surface area contributed by atoms with Gasteiger partial charge >= 0.3 is 11.4 Å². The molecule has 0 heterocycles. The number of thiol groups is 1. The maximum atomic E-state index is 10.3. The van der Waals surface area contributed by atoms with E-state index in [9.17, 15) is 4.21 Å². The van der Waals surface area contributed by atoms with Crippen molar-refractivity contribution >= 4 is 24.0 Å². The van der Waals surface area contributed by atoms with Gasteiger partial charge in [0.1, 0.15) is 0 Å². The van der Waals surface area contributed by atoms with E-state index in [4.69, 9.17) is 4.55 Å². The van der Waals surface area contributed by atoms with E-state index < -0.39 is 11.4 Å². The lowest BCUT2D eigenvalue weighted by Gasteiger charge is -2.31. The molecule has 2 atom stereocenters. The molecule has 0 aliphatic carbocycles. The average Bonchev–Trinajstić information content (AvgIpc) is 2.13. The van der Waals surface area contributed by atoms with Gasteiger partial charge in [0.05, 0.1) is 6.61 Å². The minimum Gasteiger partial charge on any atom is -0.298 e. The van der Waals surface area contributed by atoms with Crippen LogP contribution in [-0.4, -0.2) is 44.1 Å². The van der Waals surface area contributed by atoms with Gasteiger partial charge in [-0.15, -0.1) is 0 Å². The molecule has 0 rings (SSSR count). The standard InChI is InChI=1S/C10H23NO3S2/c1-8(2)11(9(3)4)6-5-10(15)7-14-16(12)13/h8-10,15H,5-7H2,1-4H3,(H,12,13). The van der Waals surface area contributed by atoms with Crippen LogP contribution in [0.15, 0.2) is 0 Å². The maximum Gasteiger partial charge on any atom is 0.301 e. The third-order valence-corrected chi connectivity index (χ3v) is 3.15. The molecule has 0 spiro atoms. The highest BCUT2D eigenvalue weighted by atomic mass is 32.2. The van der Waals surface area contributed by atoms with E-state index in [0.29, 0.717) is 12.1 Å². The lowest BCUT2D eigenvalue weighted by Crippen LogP contribution is -2.38. The molecule has 0 amide bonds. The summed E-state index contributed by atoms with van der Waals surface area (Å²) in [6.07, 6.45) is 0.844. The van der Waals surface area contributed by atoms with Gasteiger partial charge in [-0.3, -0.25) is 13.6 Å². The van der Waals surface area contributed by atoms with Gasteiger partial charge in [0.25, 0.3) is 0 Å². The Morgan fingerprint density at radius 2 is 1.81 bits per heavy atom. The Balaban J connectivity index is 3.87. The third-order valence-electron chi connectivity index (χ3n) is 2.41. The first-order valence-corrected chi connectivity index (χ1v) is 7.07. The van der Waals surface area contributed by atoms with Crippen molar-refractivity contribution in [2.45, 2.75) is 51.4 Å². The Morgan fingerprint density at radius 1 is 1.31 bits per heavy atom. The lowest BCUT2D eigenvalue weighted by molar-refractivity contribution is 0.168. The molecule has 2 unspecified atom stereocenters. The van der Waals surface area contributed by atoms with E-state index in [2.05, 4.69) is 49.4 Å². The normalized spacial score (nSPS) is 16.1. The molecule has 0 aliphatic rings. The van der Waals surface area contributed by atoms with Crippen LogP contribution in [0.1, 0.15) is 34.1 Å². The monoisotopic (exact) mass is 269 g/mol. The highest BCUT2D eigenvalue weighted by Gasteiger charge is 2.15. The number of hydrogen-bond donors (Lipinski definition) is 2. The summed E-state index contributed by atoms with van der Waals surface area (Å²) in [5.74, 6) is 0. The Kier molecular flexibility index (Phi) is 8.67. The Labute approximate surface area is 107 Å². The van der Waals surface area contributed by atoms with Gasteiger partial charge in [0.15, 0.2) is 0 Å². The van der Waals surface area contributed by atoms with Gasteiger partial charge in [0.2, 0.25) is 0 Å². The zero-order valence-electron chi connectivity index (χ0n) is 10.4. The van der Waals surface area contributed by atoms with Gasteiger partial charge in [-0.1, -0.05) is 0 Å². The topological polar surface area (TPSA) is 49.8 Å². The summed E-state index contributed by atoms with van der Waals surface area (Å²) in [4.78, 5) is 2.36.